The highest BCUT2D eigenvalue weighted by Gasteiger charge is 2.18. The van der Waals surface area contributed by atoms with Gasteiger partial charge in [-0.1, -0.05) is 48.0 Å². The molecule has 0 unspecified atom stereocenters. The van der Waals surface area contributed by atoms with Gasteiger partial charge < -0.3 is 23.4 Å². The zero-order chi connectivity index (χ0) is 22.5. The van der Waals surface area contributed by atoms with Gasteiger partial charge in [-0.15, -0.1) is 10.2 Å². The number of hydrogen-bond acceptors (Lipinski definition) is 7. The van der Waals surface area contributed by atoms with Crippen LogP contribution < -0.4 is 18.9 Å². The first-order valence-corrected chi connectivity index (χ1v) is 10.1. The molecule has 0 fully saturated rings. The van der Waals surface area contributed by atoms with Crippen molar-refractivity contribution >= 4 is 11.6 Å². The third-order valence-corrected chi connectivity index (χ3v) is 5.06. The number of benzene rings is 3. The predicted molar refractivity (Wildman–Crippen MR) is 121 cm³/mol. The summed E-state index contributed by atoms with van der Waals surface area (Å²) in [7, 11) is 4.63. The highest BCUT2D eigenvalue weighted by Crippen LogP contribution is 2.41. The minimum atomic E-state index is 0.0713. The molecule has 0 spiro atoms. The van der Waals surface area contributed by atoms with Crippen molar-refractivity contribution in [3.63, 3.8) is 0 Å². The minimum Gasteiger partial charge on any atom is -0.493 e. The van der Waals surface area contributed by atoms with Crippen LogP contribution in [0.25, 0.3) is 22.6 Å². The normalized spacial score (nSPS) is 10.6. The second kappa shape index (κ2) is 9.62. The largest absolute Gasteiger partial charge is 0.493 e. The van der Waals surface area contributed by atoms with E-state index in [0.717, 1.165) is 11.1 Å². The van der Waals surface area contributed by atoms with E-state index in [1.54, 1.807) is 33.5 Å². The summed E-state index contributed by atoms with van der Waals surface area (Å²) in [4.78, 5) is 0. The molecule has 0 aliphatic carbocycles. The number of hydrogen-bond donors (Lipinski definition) is 0. The summed E-state index contributed by atoms with van der Waals surface area (Å²) in [6, 6.07) is 19.1. The van der Waals surface area contributed by atoms with E-state index in [4.69, 9.17) is 35.0 Å². The SMILES string of the molecule is COc1cc(-c2nnc(COc3ccc(-c4ccccc4)cc3Cl)o2)cc(OC)c1OC. The first-order valence-electron chi connectivity index (χ1n) is 9.73. The lowest BCUT2D eigenvalue weighted by Crippen LogP contribution is -1.96. The fraction of sp³-hybridized carbons (Fsp3) is 0.167. The summed E-state index contributed by atoms with van der Waals surface area (Å²) < 4.78 is 27.6. The van der Waals surface area contributed by atoms with Gasteiger partial charge >= 0.3 is 0 Å². The summed E-state index contributed by atoms with van der Waals surface area (Å²) in [6.45, 7) is 0.0713. The molecule has 0 atom stereocenters. The van der Waals surface area contributed by atoms with Crippen molar-refractivity contribution in [2.75, 3.05) is 21.3 Å². The fourth-order valence-electron chi connectivity index (χ4n) is 3.20. The first kappa shape index (κ1) is 21.5. The van der Waals surface area contributed by atoms with E-state index in [-0.39, 0.29) is 6.61 Å². The molecule has 4 rings (SSSR count). The van der Waals surface area contributed by atoms with E-state index in [0.29, 0.717) is 45.4 Å². The van der Waals surface area contributed by atoms with Crippen molar-refractivity contribution in [1.82, 2.24) is 10.2 Å². The Bertz CT molecular complexity index is 1190. The van der Waals surface area contributed by atoms with Gasteiger partial charge in [-0.2, -0.15) is 0 Å². The van der Waals surface area contributed by atoms with E-state index in [2.05, 4.69) is 10.2 Å². The molecule has 4 aromatic rings. The number of rotatable bonds is 8. The van der Waals surface area contributed by atoms with Gasteiger partial charge in [0.25, 0.3) is 5.89 Å². The highest BCUT2D eigenvalue weighted by molar-refractivity contribution is 6.32. The first-order chi connectivity index (χ1) is 15.6. The Morgan fingerprint density at radius 2 is 1.47 bits per heavy atom. The average Bonchev–Trinajstić information content (AvgIpc) is 3.32. The Morgan fingerprint density at radius 3 is 2.09 bits per heavy atom. The zero-order valence-electron chi connectivity index (χ0n) is 17.8. The third kappa shape index (κ3) is 4.48. The van der Waals surface area contributed by atoms with E-state index in [1.165, 1.54) is 0 Å². The molecular formula is C24H21ClN2O5. The lowest BCUT2D eigenvalue weighted by molar-refractivity contribution is 0.264. The van der Waals surface area contributed by atoms with Crippen LogP contribution >= 0.6 is 11.6 Å². The maximum atomic E-state index is 6.41. The van der Waals surface area contributed by atoms with Crippen LogP contribution in [0.1, 0.15) is 5.89 Å². The Labute approximate surface area is 190 Å². The third-order valence-electron chi connectivity index (χ3n) is 4.77. The maximum absolute atomic E-state index is 6.41. The second-order valence-electron chi connectivity index (χ2n) is 6.71. The van der Waals surface area contributed by atoms with Gasteiger partial charge in [0.15, 0.2) is 18.1 Å². The van der Waals surface area contributed by atoms with Crippen molar-refractivity contribution in [2.24, 2.45) is 0 Å². The molecule has 8 heteroatoms. The number of methoxy groups -OCH3 is 3. The van der Waals surface area contributed by atoms with Crippen LogP contribution in [-0.4, -0.2) is 31.5 Å². The number of aromatic nitrogens is 2. The van der Waals surface area contributed by atoms with Gasteiger partial charge in [0.2, 0.25) is 11.6 Å². The van der Waals surface area contributed by atoms with E-state index in [1.807, 2.05) is 48.5 Å². The molecule has 0 bridgehead atoms. The smallest absolute Gasteiger partial charge is 0.254 e. The predicted octanol–water partition coefficient (Wildman–Crippen LogP) is 5.66. The van der Waals surface area contributed by atoms with Gasteiger partial charge in [-0.25, -0.2) is 0 Å². The Hall–Kier alpha value is -3.71. The maximum Gasteiger partial charge on any atom is 0.254 e. The van der Waals surface area contributed by atoms with Crippen LogP contribution in [0.5, 0.6) is 23.0 Å². The molecule has 0 aliphatic heterocycles. The monoisotopic (exact) mass is 452 g/mol. The molecule has 1 aromatic heterocycles. The summed E-state index contributed by atoms with van der Waals surface area (Å²) in [6.07, 6.45) is 0. The van der Waals surface area contributed by atoms with Crippen molar-refractivity contribution in [2.45, 2.75) is 6.61 Å². The Kier molecular flexibility index (Phi) is 6.47. The molecule has 7 nitrogen and oxygen atoms in total. The zero-order valence-corrected chi connectivity index (χ0v) is 18.6. The van der Waals surface area contributed by atoms with Gasteiger partial charge in [0.05, 0.1) is 26.4 Å². The van der Waals surface area contributed by atoms with Crippen LogP contribution in [0.2, 0.25) is 5.02 Å². The van der Waals surface area contributed by atoms with Gasteiger partial charge in [-0.3, -0.25) is 0 Å². The van der Waals surface area contributed by atoms with E-state index in [9.17, 15) is 0 Å². The van der Waals surface area contributed by atoms with Crippen LogP contribution in [0, 0.1) is 0 Å². The number of ether oxygens (including phenoxy) is 4. The molecule has 0 radical (unpaired) electrons. The number of halogens is 1. The summed E-state index contributed by atoms with van der Waals surface area (Å²) in [5.41, 5.74) is 2.71. The molecule has 164 valence electrons. The van der Waals surface area contributed by atoms with Crippen molar-refractivity contribution in [3.05, 3.63) is 71.6 Å². The van der Waals surface area contributed by atoms with Gasteiger partial charge in [-0.05, 0) is 35.4 Å². The molecule has 1 heterocycles. The topological polar surface area (TPSA) is 75.8 Å². The quantitative estimate of drug-likeness (QED) is 0.341. The van der Waals surface area contributed by atoms with Gasteiger partial charge in [0, 0.05) is 5.56 Å². The van der Waals surface area contributed by atoms with E-state index < -0.39 is 0 Å². The second-order valence-corrected chi connectivity index (χ2v) is 7.12. The summed E-state index contributed by atoms with van der Waals surface area (Å²) >= 11 is 6.41. The van der Waals surface area contributed by atoms with Crippen molar-refractivity contribution in [3.8, 4) is 45.6 Å². The average molecular weight is 453 g/mol. The van der Waals surface area contributed by atoms with Crippen molar-refractivity contribution < 1.29 is 23.4 Å². The number of nitrogens with zero attached hydrogens (tertiary/aromatic N) is 2. The summed E-state index contributed by atoms with van der Waals surface area (Å²) in [5, 5.41) is 8.65. The lowest BCUT2D eigenvalue weighted by Gasteiger charge is -2.12. The summed E-state index contributed by atoms with van der Waals surface area (Å²) in [5.74, 6) is 2.59. The molecule has 32 heavy (non-hydrogen) atoms. The molecule has 0 saturated carbocycles. The van der Waals surface area contributed by atoms with Crippen LogP contribution in [0.15, 0.2) is 65.1 Å². The van der Waals surface area contributed by atoms with Crippen molar-refractivity contribution in [1.29, 1.82) is 0 Å². The highest BCUT2D eigenvalue weighted by atomic mass is 35.5. The van der Waals surface area contributed by atoms with Crippen LogP contribution in [-0.2, 0) is 6.61 Å². The molecular weight excluding hydrogens is 432 g/mol. The fourth-order valence-corrected chi connectivity index (χ4v) is 3.44. The molecule has 0 aliphatic rings. The van der Waals surface area contributed by atoms with E-state index >= 15 is 0 Å². The molecule has 0 N–H and O–H groups in total. The lowest BCUT2D eigenvalue weighted by atomic mass is 10.1. The van der Waals surface area contributed by atoms with Crippen LogP contribution in [0.3, 0.4) is 0 Å². The standard InChI is InChI=1S/C24H21ClN2O5/c1-28-20-12-17(13-21(29-2)23(20)30-3)24-27-26-22(32-24)14-31-19-10-9-16(11-18(19)25)15-7-5-4-6-8-15/h4-13H,14H2,1-3H3. The Balaban J connectivity index is 1.50. The van der Waals surface area contributed by atoms with Gasteiger partial charge in [0.1, 0.15) is 5.75 Å². The van der Waals surface area contributed by atoms with Crippen LogP contribution in [0.4, 0.5) is 0 Å². The molecule has 3 aromatic carbocycles. The minimum absolute atomic E-state index is 0.0713. The Morgan fingerprint density at radius 1 is 0.750 bits per heavy atom. The molecule has 0 amide bonds. The molecule has 0 saturated heterocycles.